The first kappa shape index (κ1) is 22.0. The lowest BCUT2D eigenvalue weighted by Crippen LogP contribution is -2.54. The number of ether oxygens (including phenoxy) is 2. The summed E-state index contributed by atoms with van der Waals surface area (Å²) in [5.41, 5.74) is 3.15. The summed E-state index contributed by atoms with van der Waals surface area (Å²) >= 11 is 8.75. The Morgan fingerprint density at radius 3 is 2.37 bits per heavy atom. The van der Waals surface area contributed by atoms with E-state index in [0.717, 1.165) is 11.1 Å². The zero-order valence-corrected chi connectivity index (χ0v) is 19.4. The van der Waals surface area contributed by atoms with Gasteiger partial charge in [-0.25, -0.2) is 0 Å². The highest BCUT2D eigenvalue weighted by molar-refractivity contribution is 9.10. The van der Waals surface area contributed by atoms with E-state index in [9.17, 15) is 9.59 Å². The largest absolute Gasteiger partial charge is 0.493 e. The summed E-state index contributed by atoms with van der Waals surface area (Å²) in [5.74, 6) is 0.0163. The SMILES string of the molecule is CCOc1cc(Br)c(C=C2C(=O)NC(=S)N(c3cc(C)cc(C)c3)C2=O)cc1OC. The zero-order valence-electron chi connectivity index (χ0n) is 17.0. The second kappa shape index (κ2) is 8.97. The van der Waals surface area contributed by atoms with E-state index >= 15 is 0 Å². The standard InChI is InChI=1S/C22H21BrN2O4S/c1-5-29-19-11-17(23)14(10-18(19)28-4)9-16-20(26)24-22(30)25(21(16)27)15-7-12(2)6-13(3)8-15/h6-11H,5H2,1-4H3,(H,24,26,30). The van der Waals surface area contributed by atoms with Gasteiger partial charge in [0.25, 0.3) is 11.8 Å². The lowest BCUT2D eigenvalue weighted by Gasteiger charge is -2.29. The van der Waals surface area contributed by atoms with Gasteiger partial charge in [-0.05, 0) is 80.0 Å². The number of thiocarbonyl (C=S) groups is 1. The molecular weight excluding hydrogens is 468 g/mol. The Labute approximate surface area is 189 Å². The number of methoxy groups -OCH3 is 1. The number of benzene rings is 2. The maximum atomic E-state index is 13.2. The number of hydrogen-bond donors (Lipinski definition) is 1. The summed E-state index contributed by atoms with van der Waals surface area (Å²) in [4.78, 5) is 27.2. The van der Waals surface area contributed by atoms with Crippen LogP contribution in [0.25, 0.3) is 6.08 Å². The van der Waals surface area contributed by atoms with Crippen LogP contribution in [-0.4, -0.2) is 30.6 Å². The highest BCUT2D eigenvalue weighted by Gasteiger charge is 2.34. The van der Waals surface area contributed by atoms with E-state index in [1.54, 1.807) is 12.1 Å². The van der Waals surface area contributed by atoms with Crippen LogP contribution < -0.4 is 19.7 Å². The summed E-state index contributed by atoms with van der Waals surface area (Å²) in [6.45, 7) is 6.23. The van der Waals surface area contributed by atoms with Crippen molar-refractivity contribution in [2.75, 3.05) is 18.6 Å². The number of carbonyl (C=O) groups is 2. The minimum atomic E-state index is -0.551. The first-order valence-electron chi connectivity index (χ1n) is 9.25. The van der Waals surface area contributed by atoms with Crippen LogP contribution >= 0.6 is 28.1 Å². The van der Waals surface area contributed by atoms with Crippen molar-refractivity contribution in [2.45, 2.75) is 20.8 Å². The van der Waals surface area contributed by atoms with E-state index in [0.29, 0.717) is 33.8 Å². The van der Waals surface area contributed by atoms with E-state index in [1.165, 1.54) is 18.1 Å². The molecule has 1 aliphatic rings. The Balaban J connectivity index is 2.07. The molecule has 0 atom stereocenters. The van der Waals surface area contributed by atoms with Crippen LogP contribution in [0.4, 0.5) is 5.69 Å². The van der Waals surface area contributed by atoms with Crippen LogP contribution in [-0.2, 0) is 9.59 Å². The summed E-state index contributed by atoms with van der Waals surface area (Å²) in [5, 5.41) is 2.66. The van der Waals surface area contributed by atoms with Crippen molar-refractivity contribution in [1.29, 1.82) is 0 Å². The van der Waals surface area contributed by atoms with Gasteiger partial charge >= 0.3 is 0 Å². The summed E-state index contributed by atoms with van der Waals surface area (Å²) in [6.07, 6.45) is 1.51. The van der Waals surface area contributed by atoms with Crippen molar-refractivity contribution in [3.8, 4) is 11.5 Å². The van der Waals surface area contributed by atoms with Gasteiger partial charge in [-0.15, -0.1) is 0 Å². The quantitative estimate of drug-likeness (QED) is 0.385. The number of hydrogen-bond acceptors (Lipinski definition) is 5. The maximum Gasteiger partial charge on any atom is 0.270 e. The van der Waals surface area contributed by atoms with E-state index in [2.05, 4.69) is 21.2 Å². The van der Waals surface area contributed by atoms with Crippen molar-refractivity contribution in [2.24, 2.45) is 0 Å². The summed E-state index contributed by atoms with van der Waals surface area (Å²) in [7, 11) is 1.53. The topological polar surface area (TPSA) is 67.9 Å². The predicted molar refractivity (Wildman–Crippen MR) is 124 cm³/mol. The van der Waals surface area contributed by atoms with Crippen molar-refractivity contribution in [3.05, 3.63) is 57.1 Å². The molecule has 1 aliphatic heterocycles. The molecule has 0 aromatic heterocycles. The highest BCUT2D eigenvalue weighted by Crippen LogP contribution is 2.35. The third-order valence-corrected chi connectivity index (χ3v) is 5.42. The molecule has 2 aromatic rings. The van der Waals surface area contributed by atoms with Gasteiger partial charge in [-0.2, -0.15) is 0 Å². The van der Waals surface area contributed by atoms with Crippen LogP contribution in [0.3, 0.4) is 0 Å². The van der Waals surface area contributed by atoms with Crippen molar-refractivity contribution >= 4 is 56.8 Å². The molecule has 1 fully saturated rings. The number of nitrogens with one attached hydrogen (secondary N) is 1. The Morgan fingerprint density at radius 2 is 1.77 bits per heavy atom. The minimum Gasteiger partial charge on any atom is -0.493 e. The molecule has 0 radical (unpaired) electrons. The van der Waals surface area contributed by atoms with Gasteiger partial charge in [-0.3, -0.25) is 19.8 Å². The van der Waals surface area contributed by atoms with E-state index in [1.807, 2.05) is 39.0 Å². The Kier molecular flexibility index (Phi) is 6.58. The Morgan fingerprint density at radius 1 is 1.10 bits per heavy atom. The van der Waals surface area contributed by atoms with Crippen LogP contribution in [0.2, 0.25) is 0 Å². The maximum absolute atomic E-state index is 13.2. The normalized spacial score (nSPS) is 15.4. The van der Waals surface area contributed by atoms with E-state index < -0.39 is 11.8 Å². The first-order valence-corrected chi connectivity index (χ1v) is 10.4. The van der Waals surface area contributed by atoms with Gasteiger partial charge in [0.05, 0.1) is 19.4 Å². The molecule has 0 bridgehead atoms. The minimum absolute atomic E-state index is 0.0327. The lowest BCUT2D eigenvalue weighted by atomic mass is 10.1. The molecule has 0 unspecified atom stereocenters. The van der Waals surface area contributed by atoms with Gasteiger partial charge in [0, 0.05) is 4.47 Å². The molecule has 0 saturated carbocycles. The van der Waals surface area contributed by atoms with Crippen LogP contribution in [0.15, 0.2) is 40.4 Å². The second-order valence-corrected chi connectivity index (χ2v) is 8.00. The number of anilines is 1. The van der Waals surface area contributed by atoms with Crippen molar-refractivity contribution in [3.63, 3.8) is 0 Å². The molecular formula is C22H21BrN2O4S. The van der Waals surface area contributed by atoms with Crippen LogP contribution in [0.1, 0.15) is 23.6 Å². The number of aryl methyl sites for hydroxylation is 2. The van der Waals surface area contributed by atoms with E-state index in [-0.39, 0.29) is 10.7 Å². The molecule has 2 amide bonds. The number of halogens is 1. The average Bonchev–Trinajstić information content (AvgIpc) is 2.66. The molecule has 0 aliphatic carbocycles. The van der Waals surface area contributed by atoms with E-state index in [4.69, 9.17) is 21.7 Å². The first-order chi connectivity index (χ1) is 14.2. The number of carbonyl (C=O) groups excluding carboxylic acids is 2. The Hall–Kier alpha value is -2.71. The van der Waals surface area contributed by atoms with Crippen molar-refractivity contribution < 1.29 is 19.1 Å². The molecule has 156 valence electrons. The molecule has 0 spiro atoms. The molecule has 8 heteroatoms. The second-order valence-electron chi connectivity index (χ2n) is 6.76. The molecule has 30 heavy (non-hydrogen) atoms. The van der Waals surface area contributed by atoms with Gasteiger partial charge < -0.3 is 9.47 Å². The molecule has 2 aromatic carbocycles. The predicted octanol–water partition coefficient (Wildman–Crippen LogP) is 4.30. The number of nitrogens with zero attached hydrogens (tertiary/aromatic N) is 1. The highest BCUT2D eigenvalue weighted by atomic mass is 79.9. The van der Waals surface area contributed by atoms with Gasteiger partial charge in [0.1, 0.15) is 5.57 Å². The monoisotopic (exact) mass is 488 g/mol. The zero-order chi connectivity index (χ0) is 22.0. The molecule has 1 heterocycles. The fourth-order valence-corrected chi connectivity index (χ4v) is 3.93. The molecule has 3 rings (SSSR count). The number of rotatable bonds is 5. The number of amides is 2. The van der Waals surface area contributed by atoms with Crippen molar-refractivity contribution in [1.82, 2.24) is 5.32 Å². The smallest absolute Gasteiger partial charge is 0.270 e. The van der Waals surface area contributed by atoms with Gasteiger partial charge in [0.2, 0.25) is 0 Å². The average molecular weight is 489 g/mol. The Bertz CT molecular complexity index is 1060. The molecule has 6 nitrogen and oxygen atoms in total. The fraction of sp³-hybridized carbons (Fsp3) is 0.227. The third kappa shape index (κ3) is 4.39. The summed E-state index contributed by atoms with van der Waals surface area (Å²) in [6, 6.07) is 9.15. The summed E-state index contributed by atoms with van der Waals surface area (Å²) < 4.78 is 11.6. The van der Waals surface area contributed by atoms with Crippen LogP contribution in [0, 0.1) is 13.8 Å². The molecule has 1 saturated heterocycles. The lowest BCUT2D eigenvalue weighted by molar-refractivity contribution is -0.122. The van der Waals surface area contributed by atoms with Crippen LogP contribution in [0.5, 0.6) is 11.5 Å². The van der Waals surface area contributed by atoms with Gasteiger partial charge in [-0.1, -0.05) is 22.0 Å². The fourth-order valence-electron chi connectivity index (χ4n) is 3.22. The third-order valence-electron chi connectivity index (χ3n) is 4.45. The van der Waals surface area contributed by atoms with Gasteiger partial charge in [0.15, 0.2) is 16.6 Å². The molecule has 1 N–H and O–H groups in total.